The number of pyridine rings is 1. The topological polar surface area (TPSA) is 72.3 Å². The molecule has 1 fully saturated rings. The van der Waals surface area contributed by atoms with Crippen molar-refractivity contribution in [3.63, 3.8) is 0 Å². The van der Waals surface area contributed by atoms with Crippen molar-refractivity contribution >= 4 is 11.7 Å². The first-order valence-electron chi connectivity index (χ1n) is 7.69. The highest BCUT2D eigenvalue weighted by Gasteiger charge is 2.14. The molecule has 1 N–H and O–H groups in total. The summed E-state index contributed by atoms with van der Waals surface area (Å²) in [6.07, 6.45) is 3.39. The maximum atomic E-state index is 12.2. The smallest absolute Gasteiger partial charge is 0.255 e. The molecular weight excluding hydrogens is 294 g/mol. The molecule has 0 atom stereocenters. The number of hydrogen-bond donors (Lipinski definition) is 1. The van der Waals surface area contributed by atoms with Crippen LogP contribution in [0.3, 0.4) is 0 Å². The second-order valence-electron chi connectivity index (χ2n) is 5.57. The number of aryl methyl sites for hydroxylation is 1. The molecule has 122 valence electrons. The predicted octanol–water partition coefficient (Wildman–Crippen LogP) is 0.890. The third-order valence-electron chi connectivity index (χ3n) is 4.08. The first-order chi connectivity index (χ1) is 11.1. The number of ether oxygens (including phenoxy) is 1. The van der Waals surface area contributed by atoms with Gasteiger partial charge in [-0.3, -0.25) is 9.48 Å². The Kier molecular flexibility index (Phi) is 4.57. The van der Waals surface area contributed by atoms with Crippen molar-refractivity contribution in [1.82, 2.24) is 20.1 Å². The molecule has 0 aliphatic carbocycles. The van der Waals surface area contributed by atoms with Crippen LogP contribution in [0.25, 0.3) is 0 Å². The summed E-state index contributed by atoms with van der Waals surface area (Å²) in [5.41, 5.74) is 2.42. The Morgan fingerprint density at radius 1 is 1.30 bits per heavy atom. The van der Waals surface area contributed by atoms with Gasteiger partial charge in [-0.2, -0.15) is 5.10 Å². The van der Waals surface area contributed by atoms with E-state index in [4.69, 9.17) is 4.74 Å². The predicted molar refractivity (Wildman–Crippen MR) is 86.4 cm³/mol. The van der Waals surface area contributed by atoms with Gasteiger partial charge in [-0.05, 0) is 18.6 Å². The van der Waals surface area contributed by atoms with E-state index >= 15 is 0 Å². The summed E-state index contributed by atoms with van der Waals surface area (Å²) >= 11 is 0. The summed E-state index contributed by atoms with van der Waals surface area (Å²) in [7, 11) is 1.82. The minimum atomic E-state index is -0.118. The van der Waals surface area contributed by atoms with Gasteiger partial charge in [-0.1, -0.05) is 6.07 Å². The van der Waals surface area contributed by atoms with Crippen molar-refractivity contribution in [1.29, 1.82) is 0 Å². The standard InChI is InChI=1S/C16H21N5O2/c1-12-14(11-19-20(12)2)16(22)18-10-13-3-4-15(17-9-13)21-5-7-23-8-6-21/h3-4,9,11H,5-8,10H2,1-2H3,(H,18,22). The van der Waals surface area contributed by atoms with Crippen LogP contribution in [-0.4, -0.2) is 47.0 Å². The maximum absolute atomic E-state index is 12.2. The van der Waals surface area contributed by atoms with Crippen LogP contribution in [0, 0.1) is 6.92 Å². The van der Waals surface area contributed by atoms with Crippen LogP contribution >= 0.6 is 0 Å². The molecule has 23 heavy (non-hydrogen) atoms. The highest BCUT2D eigenvalue weighted by atomic mass is 16.5. The summed E-state index contributed by atoms with van der Waals surface area (Å²) in [6.45, 7) is 5.53. The van der Waals surface area contributed by atoms with Crippen LogP contribution in [0.4, 0.5) is 5.82 Å². The highest BCUT2D eigenvalue weighted by Crippen LogP contribution is 2.13. The van der Waals surface area contributed by atoms with Gasteiger partial charge in [0.05, 0.1) is 25.0 Å². The number of carbonyl (C=O) groups excluding carboxylic acids is 1. The third kappa shape index (κ3) is 3.50. The van der Waals surface area contributed by atoms with Crippen LogP contribution in [0.1, 0.15) is 21.6 Å². The zero-order chi connectivity index (χ0) is 16.2. The molecule has 0 radical (unpaired) electrons. The van der Waals surface area contributed by atoms with Gasteiger partial charge in [0.1, 0.15) is 5.82 Å². The van der Waals surface area contributed by atoms with Gasteiger partial charge >= 0.3 is 0 Å². The number of hydrogen-bond acceptors (Lipinski definition) is 5. The summed E-state index contributed by atoms with van der Waals surface area (Å²) in [6, 6.07) is 3.98. The lowest BCUT2D eigenvalue weighted by atomic mass is 10.2. The van der Waals surface area contributed by atoms with Gasteiger partial charge in [0.25, 0.3) is 5.91 Å². The molecule has 3 heterocycles. The minimum Gasteiger partial charge on any atom is -0.378 e. The number of rotatable bonds is 4. The van der Waals surface area contributed by atoms with Crippen molar-refractivity contribution in [2.75, 3.05) is 31.2 Å². The first kappa shape index (κ1) is 15.5. The quantitative estimate of drug-likeness (QED) is 0.907. The molecule has 0 bridgehead atoms. The van der Waals surface area contributed by atoms with Gasteiger partial charge in [-0.25, -0.2) is 4.98 Å². The number of anilines is 1. The van der Waals surface area contributed by atoms with Crippen LogP contribution in [0.15, 0.2) is 24.5 Å². The average Bonchev–Trinajstić information content (AvgIpc) is 2.93. The molecule has 7 heteroatoms. The van der Waals surface area contributed by atoms with E-state index in [9.17, 15) is 4.79 Å². The lowest BCUT2D eigenvalue weighted by molar-refractivity contribution is 0.0950. The maximum Gasteiger partial charge on any atom is 0.255 e. The molecular formula is C16H21N5O2. The third-order valence-corrected chi connectivity index (χ3v) is 4.08. The van der Waals surface area contributed by atoms with Crippen LogP contribution in [0.2, 0.25) is 0 Å². The molecule has 1 amide bonds. The van der Waals surface area contributed by atoms with Crippen molar-refractivity contribution in [2.45, 2.75) is 13.5 Å². The molecule has 1 aliphatic heterocycles. The zero-order valence-corrected chi connectivity index (χ0v) is 13.5. The second-order valence-corrected chi connectivity index (χ2v) is 5.57. The number of aromatic nitrogens is 3. The summed E-state index contributed by atoms with van der Waals surface area (Å²) in [4.78, 5) is 18.8. The van der Waals surface area contributed by atoms with Gasteiger partial charge < -0.3 is 15.0 Å². The molecule has 1 aliphatic rings. The Morgan fingerprint density at radius 2 is 2.09 bits per heavy atom. The molecule has 1 saturated heterocycles. The fourth-order valence-electron chi connectivity index (χ4n) is 2.50. The Morgan fingerprint density at radius 3 is 2.70 bits per heavy atom. The molecule has 0 spiro atoms. The number of morpholine rings is 1. The largest absolute Gasteiger partial charge is 0.378 e. The van der Waals surface area contributed by atoms with E-state index < -0.39 is 0 Å². The monoisotopic (exact) mass is 315 g/mol. The number of nitrogens with zero attached hydrogens (tertiary/aromatic N) is 4. The Labute approximate surface area is 135 Å². The molecule has 0 aromatic carbocycles. The second kappa shape index (κ2) is 6.78. The van der Waals surface area contributed by atoms with Gasteiger partial charge in [0.15, 0.2) is 0 Å². The number of amides is 1. The lowest BCUT2D eigenvalue weighted by Gasteiger charge is -2.27. The summed E-state index contributed by atoms with van der Waals surface area (Å²) in [5.74, 6) is 0.833. The fraction of sp³-hybridized carbons (Fsp3) is 0.438. The first-order valence-corrected chi connectivity index (χ1v) is 7.69. The molecule has 3 rings (SSSR count). The Bertz CT molecular complexity index is 674. The van der Waals surface area contributed by atoms with Gasteiger partial charge in [0.2, 0.25) is 0 Å². The molecule has 0 saturated carbocycles. The van der Waals surface area contributed by atoms with Crippen molar-refractivity contribution in [3.05, 3.63) is 41.3 Å². The lowest BCUT2D eigenvalue weighted by Crippen LogP contribution is -2.36. The average molecular weight is 315 g/mol. The van der Waals surface area contributed by atoms with Crippen LogP contribution in [0.5, 0.6) is 0 Å². The zero-order valence-electron chi connectivity index (χ0n) is 13.5. The van der Waals surface area contributed by atoms with E-state index in [-0.39, 0.29) is 5.91 Å². The van der Waals surface area contributed by atoms with E-state index in [1.165, 1.54) is 0 Å². The minimum absolute atomic E-state index is 0.118. The van der Waals surface area contributed by atoms with Crippen molar-refractivity contribution < 1.29 is 9.53 Å². The summed E-state index contributed by atoms with van der Waals surface area (Å²) in [5, 5.41) is 6.99. The Hall–Kier alpha value is -2.41. The van der Waals surface area contributed by atoms with Crippen LogP contribution < -0.4 is 10.2 Å². The van der Waals surface area contributed by atoms with E-state index in [0.717, 1.165) is 43.4 Å². The van der Waals surface area contributed by atoms with Gasteiger partial charge in [0, 0.05) is 38.6 Å². The van der Waals surface area contributed by atoms with E-state index in [1.54, 1.807) is 17.1 Å². The molecule has 7 nitrogen and oxygen atoms in total. The van der Waals surface area contributed by atoms with E-state index in [1.807, 2.05) is 26.1 Å². The fourth-order valence-corrected chi connectivity index (χ4v) is 2.50. The normalized spacial score (nSPS) is 14.8. The van der Waals surface area contributed by atoms with E-state index in [0.29, 0.717) is 12.1 Å². The van der Waals surface area contributed by atoms with Crippen molar-refractivity contribution in [3.8, 4) is 0 Å². The molecule has 2 aromatic heterocycles. The summed E-state index contributed by atoms with van der Waals surface area (Å²) < 4.78 is 7.03. The van der Waals surface area contributed by atoms with E-state index in [2.05, 4.69) is 20.3 Å². The number of nitrogens with one attached hydrogen (secondary N) is 1. The molecule has 0 unspecified atom stereocenters. The Balaban J connectivity index is 1.58. The SMILES string of the molecule is Cc1c(C(=O)NCc2ccc(N3CCOCC3)nc2)cnn1C. The molecule has 2 aromatic rings. The van der Waals surface area contributed by atoms with Gasteiger partial charge in [-0.15, -0.1) is 0 Å². The van der Waals surface area contributed by atoms with Crippen molar-refractivity contribution in [2.24, 2.45) is 7.05 Å². The van der Waals surface area contributed by atoms with Crippen LogP contribution in [-0.2, 0) is 18.3 Å². The number of carbonyl (C=O) groups is 1. The highest BCUT2D eigenvalue weighted by molar-refractivity contribution is 5.94.